The Morgan fingerprint density at radius 1 is 1.13 bits per heavy atom. The molecule has 0 spiro atoms. The minimum atomic E-state index is 0.673. The highest BCUT2D eigenvalue weighted by Crippen LogP contribution is 2.12. The number of rotatable bonds is 7. The van der Waals surface area contributed by atoms with Crippen LogP contribution in [0.2, 0.25) is 0 Å². The number of methoxy groups -OCH3 is 1. The van der Waals surface area contributed by atoms with Crippen LogP contribution < -0.4 is 10.5 Å². The summed E-state index contributed by atoms with van der Waals surface area (Å²) in [7, 11) is 1.71. The van der Waals surface area contributed by atoms with Crippen LogP contribution in [-0.4, -0.2) is 26.9 Å². The van der Waals surface area contributed by atoms with Gasteiger partial charge in [-0.3, -0.25) is 0 Å². The van der Waals surface area contributed by atoms with E-state index >= 15 is 0 Å². The molecule has 0 aliphatic carbocycles. The van der Waals surface area contributed by atoms with E-state index in [1.165, 1.54) is 5.56 Å². The Labute approximate surface area is 91.2 Å². The molecular formula is C12H19NO2. The Balaban J connectivity index is 2.35. The Kier molecular flexibility index (Phi) is 5.81. The quantitative estimate of drug-likeness (QED) is 0.694. The van der Waals surface area contributed by atoms with Crippen molar-refractivity contribution >= 4 is 0 Å². The molecule has 0 saturated carbocycles. The van der Waals surface area contributed by atoms with Gasteiger partial charge >= 0.3 is 0 Å². The van der Waals surface area contributed by atoms with E-state index in [1.807, 2.05) is 12.1 Å². The van der Waals surface area contributed by atoms with Gasteiger partial charge in [0, 0.05) is 7.11 Å². The molecule has 0 atom stereocenters. The lowest BCUT2D eigenvalue weighted by molar-refractivity contribution is 0.202. The lowest BCUT2D eigenvalue weighted by Gasteiger charge is -2.06. The molecule has 3 nitrogen and oxygen atoms in total. The van der Waals surface area contributed by atoms with Crippen molar-refractivity contribution in [1.29, 1.82) is 0 Å². The summed E-state index contributed by atoms with van der Waals surface area (Å²) in [6.45, 7) is 2.12. The van der Waals surface area contributed by atoms with Crippen molar-refractivity contribution in [2.45, 2.75) is 12.8 Å². The molecule has 0 amide bonds. The van der Waals surface area contributed by atoms with E-state index in [9.17, 15) is 0 Å². The molecule has 84 valence electrons. The average molecular weight is 209 g/mol. The summed E-state index contributed by atoms with van der Waals surface area (Å²) in [6.07, 6.45) is 1.84. The first kappa shape index (κ1) is 12.0. The second-order valence-corrected chi connectivity index (χ2v) is 3.38. The van der Waals surface area contributed by atoms with E-state index < -0.39 is 0 Å². The fourth-order valence-corrected chi connectivity index (χ4v) is 1.25. The maximum absolute atomic E-state index is 5.49. The zero-order chi connectivity index (χ0) is 10.9. The molecule has 1 aromatic rings. The van der Waals surface area contributed by atoms with Crippen LogP contribution in [0.15, 0.2) is 24.3 Å². The molecule has 2 N–H and O–H groups in total. The summed E-state index contributed by atoms with van der Waals surface area (Å²) in [5.74, 6) is 0.907. The highest BCUT2D eigenvalue weighted by atomic mass is 16.5. The first-order valence-electron chi connectivity index (χ1n) is 5.27. The number of ether oxygens (including phenoxy) is 2. The maximum Gasteiger partial charge on any atom is 0.119 e. The van der Waals surface area contributed by atoms with E-state index in [0.717, 1.165) is 25.2 Å². The minimum absolute atomic E-state index is 0.673. The van der Waals surface area contributed by atoms with Crippen LogP contribution in [0.4, 0.5) is 0 Å². The smallest absolute Gasteiger partial charge is 0.119 e. The molecule has 15 heavy (non-hydrogen) atoms. The lowest BCUT2D eigenvalue weighted by Crippen LogP contribution is -2.06. The summed E-state index contributed by atoms with van der Waals surface area (Å²) in [5.41, 5.74) is 6.64. The third kappa shape index (κ3) is 4.81. The molecule has 0 aliphatic rings. The molecule has 0 fully saturated rings. The molecule has 0 saturated heterocycles. The normalized spacial score (nSPS) is 10.3. The van der Waals surface area contributed by atoms with E-state index in [1.54, 1.807) is 7.11 Å². The third-order valence-corrected chi connectivity index (χ3v) is 2.14. The van der Waals surface area contributed by atoms with Crippen molar-refractivity contribution in [3.05, 3.63) is 29.8 Å². The highest BCUT2D eigenvalue weighted by Gasteiger charge is 1.95. The van der Waals surface area contributed by atoms with Gasteiger partial charge in [0.15, 0.2) is 0 Å². The topological polar surface area (TPSA) is 44.5 Å². The highest BCUT2D eigenvalue weighted by molar-refractivity contribution is 5.27. The third-order valence-electron chi connectivity index (χ3n) is 2.14. The largest absolute Gasteiger partial charge is 0.494 e. The first-order chi connectivity index (χ1) is 7.36. The van der Waals surface area contributed by atoms with Crippen LogP contribution in [0, 0.1) is 0 Å². The van der Waals surface area contributed by atoms with Gasteiger partial charge in [-0.2, -0.15) is 0 Å². The fourth-order valence-electron chi connectivity index (χ4n) is 1.25. The molecule has 1 rings (SSSR count). The van der Waals surface area contributed by atoms with Gasteiger partial charge < -0.3 is 15.2 Å². The maximum atomic E-state index is 5.49. The monoisotopic (exact) mass is 209 g/mol. The van der Waals surface area contributed by atoms with Crippen LogP contribution in [0.5, 0.6) is 5.75 Å². The standard InChI is InChI=1S/C12H19NO2/c1-14-10-7-11-3-5-12(6-4-11)15-9-2-8-13/h3-6H,2,7-10,13H2,1H3. The number of hydrogen-bond donors (Lipinski definition) is 1. The van der Waals surface area contributed by atoms with Crippen molar-refractivity contribution < 1.29 is 9.47 Å². The van der Waals surface area contributed by atoms with Crippen LogP contribution in [0.1, 0.15) is 12.0 Å². The summed E-state index contributed by atoms with van der Waals surface area (Å²) >= 11 is 0. The van der Waals surface area contributed by atoms with Crippen molar-refractivity contribution in [1.82, 2.24) is 0 Å². The Morgan fingerprint density at radius 3 is 2.47 bits per heavy atom. The van der Waals surface area contributed by atoms with Crippen molar-refractivity contribution in [3.8, 4) is 5.75 Å². The van der Waals surface area contributed by atoms with Crippen molar-refractivity contribution in [2.75, 3.05) is 26.9 Å². The Morgan fingerprint density at radius 2 is 1.87 bits per heavy atom. The number of hydrogen-bond acceptors (Lipinski definition) is 3. The van der Waals surface area contributed by atoms with Crippen LogP contribution in [-0.2, 0) is 11.2 Å². The SMILES string of the molecule is COCCc1ccc(OCCCN)cc1. The first-order valence-corrected chi connectivity index (χ1v) is 5.27. The predicted octanol–water partition coefficient (Wildman–Crippen LogP) is 1.60. The number of nitrogens with two attached hydrogens (primary N) is 1. The molecule has 0 bridgehead atoms. The lowest BCUT2D eigenvalue weighted by atomic mass is 10.1. The summed E-state index contributed by atoms with van der Waals surface area (Å²) in [6, 6.07) is 8.11. The van der Waals surface area contributed by atoms with E-state index in [-0.39, 0.29) is 0 Å². The van der Waals surface area contributed by atoms with Gasteiger partial charge in [-0.05, 0) is 37.1 Å². The van der Waals surface area contributed by atoms with Crippen LogP contribution in [0.3, 0.4) is 0 Å². The van der Waals surface area contributed by atoms with Gasteiger partial charge in [-0.1, -0.05) is 12.1 Å². The van der Waals surface area contributed by atoms with Crippen LogP contribution >= 0.6 is 0 Å². The molecule has 0 aliphatic heterocycles. The molecule has 0 aromatic heterocycles. The van der Waals surface area contributed by atoms with Gasteiger partial charge in [-0.15, -0.1) is 0 Å². The summed E-state index contributed by atoms with van der Waals surface area (Å²) < 4.78 is 10.5. The summed E-state index contributed by atoms with van der Waals surface area (Å²) in [4.78, 5) is 0. The zero-order valence-electron chi connectivity index (χ0n) is 9.24. The second-order valence-electron chi connectivity index (χ2n) is 3.38. The van der Waals surface area contributed by atoms with E-state index in [4.69, 9.17) is 15.2 Å². The van der Waals surface area contributed by atoms with Crippen LogP contribution in [0.25, 0.3) is 0 Å². The molecule has 1 aromatic carbocycles. The van der Waals surface area contributed by atoms with Crippen molar-refractivity contribution in [3.63, 3.8) is 0 Å². The molecule has 0 heterocycles. The molecule has 3 heteroatoms. The van der Waals surface area contributed by atoms with Gasteiger partial charge in [0.05, 0.1) is 13.2 Å². The van der Waals surface area contributed by atoms with Crippen molar-refractivity contribution in [2.24, 2.45) is 5.73 Å². The Bertz CT molecular complexity index is 259. The van der Waals surface area contributed by atoms with E-state index in [2.05, 4.69) is 12.1 Å². The molecular weight excluding hydrogens is 190 g/mol. The van der Waals surface area contributed by atoms with Gasteiger partial charge in [0.1, 0.15) is 5.75 Å². The second kappa shape index (κ2) is 7.26. The summed E-state index contributed by atoms with van der Waals surface area (Å²) in [5, 5.41) is 0. The van der Waals surface area contributed by atoms with Gasteiger partial charge in [-0.25, -0.2) is 0 Å². The molecule has 0 unspecified atom stereocenters. The van der Waals surface area contributed by atoms with E-state index in [0.29, 0.717) is 13.2 Å². The predicted molar refractivity (Wildman–Crippen MR) is 61.2 cm³/mol. The minimum Gasteiger partial charge on any atom is -0.494 e. The van der Waals surface area contributed by atoms with Gasteiger partial charge in [0.2, 0.25) is 0 Å². The number of benzene rings is 1. The van der Waals surface area contributed by atoms with Gasteiger partial charge in [0.25, 0.3) is 0 Å². The fraction of sp³-hybridized carbons (Fsp3) is 0.500. The molecule has 0 radical (unpaired) electrons. The Hall–Kier alpha value is -1.06. The zero-order valence-corrected chi connectivity index (χ0v) is 9.24. The average Bonchev–Trinajstić information content (AvgIpc) is 2.28.